The van der Waals surface area contributed by atoms with Crippen LogP contribution < -0.4 is 20.3 Å². The Bertz CT molecular complexity index is 877. The number of benzene rings is 2. The minimum Gasteiger partial charge on any atom is -0.497 e. The zero-order valence-corrected chi connectivity index (χ0v) is 15.6. The van der Waals surface area contributed by atoms with Crippen molar-refractivity contribution in [3.05, 3.63) is 53.8 Å². The van der Waals surface area contributed by atoms with E-state index in [1.54, 1.807) is 31.3 Å². The van der Waals surface area contributed by atoms with Gasteiger partial charge in [0.2, 0.25) is 0 Å². The highest BCUT2D eigenvalue weighted by molar-refractivity contribution is 5.94. The molecule has 0 heterocycles. The molecule has 0 saturated heterocycles. The van der Waals surface area contributed by atoms with Crippen LogP contribution in [-0.2, 0) is 9.59 Å². The van der Waals surface area contributed by atoms with Gasteiger partial charge in [0.15, 0.2) is 30.0 Å². The van der Waals surface area contributed by atoms with Crippen LogP contribution in [0.2, 0.25) is 0 Å². The zero-order chi connectivity index (χ0) is 20.8. The van der Waals surface area contributed by atoms with Crippen molar-refractivity contribution < 1.29 is 32.4 Å². The second kappa shape index (κ2) is 9.23. The maximum atomic E-state index is 13.7. The minimum atomic E-state index is -1.66. The number of quaternary nitrogens is 1. The first-order valence-corrected chi connectivity index (χ1v) is 8.43. The maximum absolute atomic E-state index is 13.7. The topological polar surface area (TPSA) is 71.9 Å². The monoisotopic (exact) mass is 396 g/mol. The van der Waals surface area contributed by atoms with Crippen LogP contribution in [0.5, 0.6) is 5.75 Å². The molecule has 0 aliphatic heterocycles. The molecular formula is C19H21F3N3O3+. The van der Waals surface area contributed by atoms with E-state index in [0.29, 0.717) is 16.3 Å². The highest BCUT2D eigenvalue weighted by Crippen LogP contribution is 2.19. The van der Waals surface area contributed by atoms with Crippen molar-refractivity contribution in [1.82, 2.24) is 0 Å². The number of likely N-dealkylation sites (N-methyl/N-ethyl adjacent to an activating group) is 1. The SMILES string of the molecule is COc1cccc(NC(=O)C[NH+](C)[C@@H](C)C(=O)Nc2ccc(F)c(F)c2F)c1. The number of hydrogen-bond acceptors (Lipinski definition) is 3. The smallest absolute Gasteiger partial charge is 0.282 e. The van der Waals surface area contributed by atoms with E-state index in [1.807, 2.05) is 0 Å². The summed E-state index contributed by atoms with van der Waals surface area (Å²) < 4.78 is 45.0. The zero-order valence-electron chi connectivity index (χ0n) is 15.6. The number of carbonyl (C=O) groups excluding carboxylic acids is 2. The van der Waals surface area contributed by atoms with E-state index in [2.05, 4.69) is 10.6 Å². The molecule has 0 saturated carbocycles. The molecule has 2 amide bonds. The number of carbonyl (C=O) groups is 2. The Kier molecular flexibility index (Phi) is 7.00. The fourth-order valence-electron chi connectivity index (χ4n) is 2.40. The molecule has 0 aromatic heterocycles. The van der Waals surface area contributed by atoms with E-state index in [-0.39, 0.29) is 12.5 Å². The summed E-state index contributed by atoms with van der Waals surface area (Å²) in [5.74, 6) is -4.89. The van der Waals surface area contributed by atoms with Crippen LogP contribution >= 0.6 is 0 Å². The fourth-order valence-corrected chi connectivity index (χ4v) is 2.40. The molecule has 0 radical (unpaired) electrons. The molecule has 2 rings (SSSR count). The van der Waals surface area contributed by atoms with Gasteiger partial charge in [0, 0.05) is 11.8 Å². The van der Waals surface area contributed by atoms with E-state index in [1.165, 1.54) is 14.0 Å². The standard InChI is InChI=1S/C19H20F3N3O3/c1-11(19(27)24-15-8-7-14(20)17(21)18(15)22)25(2)10-16(26)23-12-5-4-6-13(9-12)28-3/h4-9,11H,10H2,1-3H3,(H,23,26)(H,24,27)/p+1/t11-/m0/s1. The van der Waals surface area contributed by atoms with Crippen LogP contribution in [0.15, 0.2) is 36.4 Å². The van der Waals surface area contributed by atoms with Crippen molar-refractivity contribution in [3.8, 4) is 5.75 Å². The number of ether oxygens (including phenoxy) is 1. The van der Waals surface area contributed by atoms with Gasteiger partial charge in [0.25, 0.3) is 11.8 Å². The van der Waals surface area contributed by atoms with Gasteiger partial charge in [-0.3, -0.25) is 9.59 Å². The molecule has 150 valence electrons. The molecule has 1 unspecified atom stereocenters. The number of amides is 2. The summed E-state index contributed by atoms with van der Waals surface area (Å²) in [5.41, 5.74) is 0.0718. The first-order chi connectivity index (χ1) is 13.2. The molecule has 3 N–H and O–H groups in total. The van der Waals surface area contributed by atoms with Crippen LogP contribution in [0.4, 0.5) is 24.5 Å². The van der Waals surface area contributed by atoms with Crippen molar-refractivity contribution in [2.45, 2.75) is 13.0 Å². The van der Waals surface area contributed by atoms with Crippen molar-refractivity contribution in [2.75, 3.05) is 31.3 Å². The summed E-state index contributed by atoms with van der Waals surface area (Å²) in [7, 11) is 3.12. The summed E-state index contributed by atoms with van der Waals surface area (Å²) in [6.07, 6.45) is 0. The van der Waals surface area contributed by atoms with Gasteiger partial charge in [0.05, 0.1) is 19.8 Å². The summed E-state index contributed by atoms with van der Waals surface area (Å²) >= 11 is 0. The van der Waals surface area contributed by atoms with E-state index < -0.39 is 35.1 Å². The average molecular weight is 396 g/mol. The first-order valence-electron chi connectivity index (χ1n) is 8.43. The lowest BCUT2D eigenvalue weighted by molar-refractivity contribution is -0.885. The highest BCUT2D eigenvalue weighted by atomic mass is 19.2. The van der Waals surface area contributed by atoms with Gasteiger partial charge in [-0.1, -0.05) is 6.07 Å². The first kappa shape index (κ1) is 21.2. The van der Waals surface area contributed by atoms with Gasteiger partial charge in [-0.15, -0.1) is 0 Å². The average Bonchev–Trinajstić information content (AvgIpc) is 2.67. The second-order valence-electron chi connectivity index (χ2n) is 6.24. The summed E-state index contributed by atoms with van der Waals surface area (Å²) in [5, 5.41) is 4.90. The molecule has 9 heteroatoms. The van der Waals surface area contributed by atoms with E-state index in [0.717, 1.165) is 12.1 Å². The molecule has 0 aliphatic carbocycles. The maximum Gasteiger partial charge on any atom is 0.282 e. The number of rotatable bonds is 7. The Morgan fingerprint density at radius 3 is 2.50 bits per heavy atom. The summed E-state index contributed by atoms with van der Waals surface area (Å²) in [4.78, 5) is 25.0. The largest absolute Gasteiger partial charge is 0.497 e. The predicted octanol–water partition coefficient (Wildman–Crippen LogP) is 1.59. The van der Waals surface area contributed by atoms with E-state index in [9.17, 15) is 22.8 Å². The molecule has 0 bridgehead atoms. The number of anilines is 2. The third kappa shape index (κ3) is 5.23. The normalized spacial score (nSPS) is 12.8. The number of methoxy groups -OCH3 is 1. The van der Waals surface area contributed by atoms with E-state index >= 15 is 0 Å². The van der Waals surface area contributed by atoms with Gasteiger partial charge < -0.3 is 20.3 Å². The number of halogens is 3. The molecule has 2 aromatic rings. The van der Waals surface area contributed by atoms with Crippen LogP contribution in [0.25, 0.3) is 0 Å². The number of nitrogens with one attached hydrogen (secondary N) is 3. The molecule has 0 spiro atoms. The Balaban J connectivity index is 1.95. The molecule has 28 heavy (non-hydrogen) atoms. The third-order valence-electron chi connectivity index (χ3n) is 4.22. The van der Waals surface area contributed by atoms with Crippen LogP contribution in [0.1, 0.15) is 6.92 Å². The lowest BCUT2D eigenvalue weighted by atomic mass is 10.2. The summed E-state index contributed by atoms with van der Waals surface area (Å²) in [6, 6.07) is 7.69. The van der Waals surface area contributed by atoms with Gasteiger partial charge >= 0.3 is 0 Å². The molecule has 0 fully saturated rings. The summed E-state index contributed by atoms with van der Waals surface area (Å²) in [6.45, 7) is 1.48. The van der Waals surface area contributed by atoms with Crippen molar-refractivity contribution in [1.29, 1.82) is 0 Å². The Morgan fingerprint density at radius 1 is 1.11 bits per heavy atom. The van der Waals surface area contributed by atoms with Gasteiger partial charge in [-0.25, -0.2) is 13.2 Å². The predicted molar refractivity (Wildman–Crippen MR) is 97.8 cm³/mol. The molecule has 0 aliphatic rings. The van der Waals surface area contributed by atoms with Crippen LogP contribution in [0.3, 0.4) is 0 Å². The van der Waals surface area contributed by atoms with Crippen LogP contribution in [0, 0.1) is 17.5 Å². The second-order valence-corrected chi connectivity index (χ2v) is 6.24. The third-order valence-corrected chi connectivity index (χ3v) is 4.22. The Labute approximate surface area is 160 Å². The number of hydrogen-bond donors (Lipinski definition) is 3. The van der Waals surface area contributed by atoms with Gasteiger partial charge in [-0.05, 0) is 31.2 Å². The Morgan fingerprint density at radius 2 is 1.82 bits per heavy atom. The lowest BCUT2D eigenvalue weighted by Crippen LogP contribution is -3.14. The Hall–Kier alpha value is -3.07. The van der Waals surface area contributed by atoms with Crippen LogP contribution in [-0.4, -0.2) is 38.6 Å². The molecule has 6 nitrogen and oxygen atoms in total. The molecule has 2 atom stereocenters. The highest BCUT2D eigenvalue weighted by Gasteiger charge is 2.25. The molecular weight excluding hydrogens is 375 g/mol. The van der Waals surface area contributed by atoms with Crippen molar-refractivity contribution >= 4 is 23.2 Å². The van der Waals surface area contributed by atoms with Crippen molar-refractivity contribution in [2.24, 2.45) is 0 Å². The van der Waals surface area contributed by atoms with Gasteiger partial charge in [-0.2, -0.15) is 0 Å². The quantitative estimate of drug-likeness (QED) is 0.623. The lowest BCUT2D eigenvalue weighted by Gasteiger charge is -2.21. The van der Waals surface area contributed by atoms with Gasteiger partial charge in [0.1, 0.15) is 5.75 Å². The minimum absolute atomic E-state index is 0.0495. The van der Waals surface area contributed by atoms with Crippen molar-refractivity contribution in [3.63, 3.8) is 0 Å². The van der Waals surface area contributed by atoms with E-state index in [4.69, 9.17) is 4.74 Å². The molecule has 2 aromatic carbocycles. The fraction of sp³-hybridized carbons (Fsp3) is 0.263.